The van der Waals surface area contributed by atoms with E-state index in [1.165, 1.54) is 19.1 Å². The van der Waals surface area contributed by atoms with Crippen LogP contribution in [0.4, 0.5) is 4.39 Å². The van der Waals surface area contributed by atoms with Gasteiger partial charge in [-0.05, 0) is 35.7 Å². The summed E-state index contributed by atoms with van der Waals surface area (Å²) in [5.41, 5.74) is 0.323. The molecule has 0 aromatic heterocycles. The monoisotopic (exact) mass is 345 g/mol. The fourth-order valence-electron chi connectivity index (χ4n) is 2.54. The Bertz CT molecular complexity index is 760. The highest BCUT2D eigenvalue weighted by Crippen LogP contribution is 2.22. The molecule has 1 amide bonds. The van der Waals surface area contributed by atoms with Gasteiger partial charge in [0.2, 0.25) is 5.91 Å². The van der Waals surface area contributed by atoms with Gasteiger partial charge in [-0.3, -0.25) is 4.79 Å². The van der Waals surface area contributed by atoms with Gasteiger partial charge in [0.05, 0.1) is 13.0 Å². The number of carbonyl (C=O) groups excluding carboxylic acids is 1. The minimum absolute atomic E-state index is 0.0294. The van der Waals surface area contributed by atoms with Gasteiger partial charge in [0.1, 0.15) is 5.82 Å². The molecule has 0 heterocycles. The predicted octanol–water partition coefficient (Wildman–Crippen LogP) is 2.63. The van der Waals surface area contributed by atoms with E-state index in [-0.39, 0.29) is 6.42 Å². The van der Waals surface area contributed by atoms with E-state index in [0.717, 1.165) is 23.3 Å². The molecule has 0 spiro atoms. The zero-order valence-electron chi connectivity index (χ0n) is 14.1. The number of hydrogen-bond donors (Lipinski definition) is 2. The van der Waals surface area contributed by atoms with Gasteiger partial charge in [0, 0.05) is 7.11 Å². The van der Waals surface area contributed by atoms with Gasteiger partial charge in [-0.2, -0.15) is 0 Å². The van der Waals surface area contributed by atoms with Crippen molar-refractivity contribution in [1.82, 2.24) is 5.32 Å². The lowest BCUT2D eigenvalue weighted by Crippen LogP contribution is -2.50. The van der Waals surface area contributed by atoms with E-state index in [2.05, 4.69) is 5.32 Å². The fraction of sp³-hybridized carbons (Fsp3) is 0.263. The lowest BCUT2D eigenvalue weighted by Gasteiger charge is -2.27. The van der Waals surface area contributed by atoms with E-state index >= 15 is 0 Å². The quantitative estimate of drug-likeness (QED) is 0.809. The Morgan fingerprint density at radius 2 is 1.80 bits per heavy atom. The zero-order valence-corrected chi connectivity index (χ0v) is 14.1. The number of carboxylic acid groups (broad SMARTS) is 1. The van der Waals surface area contributed by atoms with Gasteiger partial charge in [-0.1, -0.05) is 36.4 Å². The number of carbonyl (C=O) groups is 2. The first kappa shape index (κ1) is 18.6. The number of halogens is 1. The maximum atomic E-state index is 13.1. The first-order valence-corrected chi connectivity index (χ1v) is 7.72. The average Bonchev–Trinajstić information content (AvgIpc) is 2.55. The molecule has 5 nitrogen and oxygen atoms in total. The summed E-state index contributed by atoms with van der Waals surface area (Å²) in [6.07, 6.45) is 0.0294. The molecule has 132 valence electrons. The summed E-state index contributed by atoms with van der Waals surface area (Å²) in [6, 6.07) is 12.3. The largest absolute Gasteiger partial charge is 0.479 e. The maximum absolute atomic E-state index is 13.1. The number of nitrogens with one attached hydrogen (secondary N) is 1. The fourth-order valence-corrected chi connectivity index (χ4v) is 2.54. The molecule has 2 N–H and O–H groups in total. The van der Waals surface area contributed by atoms with Gasteiger partial charge in [-0.25, -0.2) is 9.18 Å². The van der Waals surface area contributed by atoms with Crippen LogP contribution in [-0.2, 0) is 32.9 Å². The van der Waals surface area contributed by atoms with Crippen LogP contribution in [0.5, 0.6) is 0 Å². The number of ether oxygens (including phenoxy) is 1. The molecule has 0 fully saturated rings. The van der Waals surface area contributed by atoms with Crippen molar-refractivity contribution >= 4 is 11.9 Å². The summed E-state index contributed by atoms with van der Waals surface area (Å²) in [7, 11) is 1.58. The molecule has 2 aromatic carbocycles. The highest BCUT2D eigenvalue weighted by Gasteiger charge is 2.36. The minimum Gasteiger partial charge on any atom is -0.479 e. The van der Waals surface area contributed by atoms with E-state index in [4.69, 9.17) is 4.74 Å². The molecule has 6 heteroatoms. The summed E-state index contributed by atoms with van der Waals surface area (Å²) < 4.78 is 18.1. The number of benzene rings is 2. The maximum Gasteiger partial charge on any atom is 0.333 e. The SMILES string of the molecule is COCc1cccc(CC(=O)NC(C)(C(=O)O)c2ccc(F)cc2)c1. The molecule has 2 aromatic rings. The summed E-state index contributed by atoms with van der Waals surface area (Å²) in [5, 5.41) is 12.1. The molecule has 1 atom stereocenters. The summed E-state index contributed by atoms with van der Waals surface area (Å²) in [4.78, 5) is 24.1. The number of carboxylic acids is 1. The van der Waals surface area contributed by atoms with E-state index < -0.39 is 23.2 Å². The molecule has 0 saturated carbocycles. The molecular formula is C19H20FNO4. The predicted molar refractivity (Wildman–Crippen MR) is 90.4 cm³/mol. The average molecular weight is 345 g/mol. The molecule has 0 aliphatic carbocycles. The Morgan fingerprint density at radius 1 is 1.16 bits per heavy atom. The topological polar surface area (TPSA) is 75.6 Å². The van der Waals surface area contributed by atoms with Crippen LogP contribution in [0.2, 0.25) is 0 Å². The van der Waals surface area contributed by atoms with Crippen LogP contribution in [0.3, 0.4) is 0 Å². The van der Waals surface area contributed by atoms with Crippen molar-refractivity contribution in [2.75, 3.05) is 7.11 Å². The van der Waals surface area contributed by atoms with Crippen molar-refractivity contribution < 1.29 is 23.8 Å². The van der Waals surface area contributed by atoms with Crippen molar-refractivity contribution in [3.63, 3.8) is 0 Å². The Labute approximate surface area is 145 Å². The third-order valence-electron chi connectivity index (χ3n) is 3.91. The van der Waals surface area contributed by atoms with Crippen LogP contribution in [0.25, 0.3) is 0 Å². The number of methoxy groups -OCH3 is 1. The van der Waals surface area contributed by atoms with Crippen LogP contribution in [-0.4, -0.2) is 24.1 Å². The van der Waals surface area contributed by atoms with Crippen molar-refractivity contribution in [1.29, 1.82) is 0 Å². The first-order chi connectivity index (χ1) is 11.8. The third-order valence-corrected chi connectivity index (χ3v) is 3.91. The van der Waals surface area contributed by atoms with Gasteiger partial charge >= 0.3 is 5.97 Å². The normalized spacial score (nSPS) is 13.1. The van der Waals surface area contributed by atoms with Gasteiger partial charge in [0.15, 0.2) is 5.54 Å². The number of rotatable bonds is 7. The van der Waals surface area contributed by atoms with Crippen molar-refractivity contribution in [2.45, 2.75) is 25.5 Å². The van der Waals surface area contributed by atoms with Gasteiger partial charge < -0.3 is 15.2 Å². The third kappa shape index (κ3) is 4.64. The summed E-state index contributed by atoms with van der Waals surface area (Å²) in [5.74, 6) is -2.14. The summed E-state index contributed by atoms with van der Waals surface area (Å²) >= 11 is 0. The Balaban J connectivity index is 2.16. The lowest BCUT2D eigenvalue weighted by molar-refractivity contribution is -0.147. The van der Waals surface area contributed by atoms with E-state index in [1.54, 1.807) is 13.2 Å². The Kier molecular flexibility index (Phi) is 5.88. The van der Waals surface area contributed by atoms with E-state index in [1.807, 2.05) is 18.2 Å². The standard InChI is InChI=1S/C19H20FNO4/c1-19(18(23)24,15-6-8-16(20)9-7-15)21-17(22)11-13-4-3-5-14(10-13)12-25-2/h3-10H,11-12H2,1-2H3,(H,21,22)(H,23,24). The molecule has 0 radical (unpaired) electrons. The van der Waals surface area contributed by atoms with Crippen molar-refractivity contribution in [2.24, 2.45) is 0 Å². The molecule has 2 rings (SSSR count). The minimum atomic E-state index is -1.64. The molecule has 0 aliphatic heterocycles. The van der Waals surface area contributed by atoms with Crippen LogP contribution in [0, 0.1) is 5.82 Å². The summed E-state index contributed by atoms with van der Waals surface area (Å²) in [6.45, 7) is 1.81. The second-order valence-corrected chi connectivity index (χ2v) is 5.91. The van der Waals surface area contributed by atoms with E-state index in [9.17, 15) is 19.1 Å². The van der Waals surface area contributed by atoms with Gasteiger partial charge in [-0.15, -0.1) is 0 Å². The second kappa shape index (κ2) is 7.90. The number of amides is 1. The van der Waals surface area contributed by atoms with E-state index in [0.29, 0.717) is 12.2 Å². The number of hydrogen-bond acceptors (Lipinski definition) is 3. The van der Waals surface area contributed by atoms with Crippen LogP contribution >= 0.6 is 0 Å². The molecule has 0 saturated heterocycles. The van der Waals surface area contributed by atoms with Crippen molar-refractivity contribution in [3.05, 3.63) is 71.0 Å². The van der Waals surface area contributed by atoms with Crippen LogP contribution < -0.4 is 5.32 Å². The lowest BCUT2D eigenvalue weighted by atomic mass is 9.91. The Hall–Kier alpha value is -2.73. The second-order valence-electron chi connectivity index (χ2n) is 5.91. The molecule has 0 bridgehead atoms. The molecule has 25 heavy (non-hydrogen) atoms. The molecule has 0 aliphatic rings. The Morgan fingerprint density at radius 3 is 2.40 bits per heavy atom. The molecular weight excluding hydrogens is 325 g/mol. The highest BCUT2D eigenvalue weighted by molar-refractivity contribution is 5.88. The highest BCUT2D eigenvalue weighted by atomic mass is 19.1. The first-order valence-electron chi connectivity index (χ1n) is 7.72. The number of aliphatic carboxylic acids is 1. The van der Waals surface area contributed by atoms with Crippen molar-refractivity contribution in [3.8, 4) is 0 Å². The van der Waals surface area contributed by atoms with Gasteiger partial charge in [0.25, 0.3) is 0 Å². The zero-order chi connectivity index (χ0) is 18.4. The smallest absolute Gasteiger partial charge is 0.333 e. The van der Waals surface area contributed by atoms with Crippen LogP contribution in [0.15, 0.2) is 48.5 Å². The molecule has 1 unspecified atom stereocenters. The van der Waals surface area contributed by atoms with Crippen LogP contribution in [0.1, 0.15) is 23.6 Å².